The van der Waals surface area contributed by atoms with Gasteiger partial charge in [0.05, 0.1) is 15.7 Å². The summed E-state index contributed by atoms with van der Waals surface area (Å²) in [5, 5.41) is 8.58. The molecule has 1 fully saturated rings. The molecule has 4 nitrogen and oxygen atoms in total. The molecule has 1 N–H and O–H groups in total. The zero-order chi connectivity index (χ0) is 14.0. The quantitative estimate of drug-likeness (QED) is 0.911. The summed E-state index contributed by atoms with van der Waals surface area (Å²) in [5.41, 5.74) is -0.00224. The van der Waals surface area contributed by atoms with Crippen LogP contribution in [0.1, 0.15) is 42.5 Å². The lowest BCUT2D eigenvalue weighted by atomic mass is 10.0. The second-order valence-electron chi connectivity index (χ2n) is 4.76. The summed E-state index contributed by atoms with van der Waals surface area (Å²) in [7, 11) is -3.46. The van der Waals surface area contributed by atoms with Crippen LogP contribution in [-0.2, 0) is 9.84 Å². The molecule has 0 aromatic heterocycles. The van der Waals surface area contributed by atoms with E-state index < -0.39 is 15.8 Å². The fraction of sp³-hybridized carbons (Fsp3) is 0.462. The molecule has 2 rings (SSSR count). The Kier molecular flexibility index (Phi) is 4.30. The van der Waals surface area contributed by atoms with Crippen LogP contribution in [-0.4, -0.2) is 24.7 Å². The first-order valence-electron chi connectivity index (χ1n) is 6.19. The van der Waals surface area contributed by atoms with Crippen LogP contribution in [0.2, 0.25) is 0 Å². The van der Waals surface area contributed by atoms with E-state index in [-0.39, 0.29) is 15.7 Å². The van der Waals surface area contributed by atoms with E-state index in [9.17, 15) is 13.2 Å². The molecule has 1 aromatic rings. The van der Waals surface area contributed by atoms with Crippen molar-refractivity contribution in [3.63, 3.8) is 0 Å². The Labute approximate surface area is 120 Å². The smallest absolute Gasteiger partial charge is 0.335 e. The van der Waals surface area contributed by atoms with Crippen LogP contribution in [0.3, 0.4) is 0 Å². The normalized spacial score (nSPS) is 17.3. The minimum atomic E-state index is -3.46. The topological polar surface area (TPSA) is 71.4 Å². The van der Waals surface area contributed by atoms with Gasteiger partial charge in [0.15, 0.2) is 9.84 Å². The Morgan fingerprint density at radius 1 is 1.21 bits per heavy atom. The van der Waals surface area contributed by atoms with Gasteiger partial charge >= 0.3 is 5.97 Å². The Morgan fingerprint density at radius 2 is 1.84 bits per heavy atom. The highest BCUT2D eigenvalue weighted by Crippen LogP contribution is 2.32. The lowest BCUT2D eigenvalue weighted by molar-refractivity contribution is 0.0696. The van der Waals surface area contributed by atoms with Gasteiger partial charge in [0.25, 0.3) is 0 Å². The fourth-order valence-electron chi connectivity index (χ4n) is 2.41. The van der Waals surface area contributed by atoms with Gasteiger partial charge in [-0.2, -0.15) is 0 Å². The van der Waals surface area contributed by atoms with E-state index in [0.29, 0.717) is 17.3 Å². The van der Waals surface area contributed by atoms with Gasteiger partial charge in [0.1, 0.15) is 0 Å². The number of aromatic carboxylic acids is 1. The molecule has 19 heavy (non-hydrogen) atoms. The number of benzene rings is 1. The average molecular weight is 347 g/mol. The number of hydrogen-bond acceptors (Lipinski definition) is 3. The molecule has 0 heterocycles. The van der Waals surface area contributed by atoms with Crippen LogP contribution >= 0.6 is 15.9 Å². The average Bonchev–Trinajstić information content (AvgIpc) is 2.39. The van der Waals surface area contributed by atoms with Gasteiger partial charge in [0.2, 0.25) is 0 Å². The molecular weight excluding hydrogens is 332 g/mol. The molecule has 0 atom stereocenters. The number of carboxylic acid groups (broad SMARTS) is 1. The summed E-state index contributed by atoms with van der Waals surface area (Å²) in [5.74, 6) is -1.12. The largest absolute Gasteiger partial charge is 0.478 e. The van der Waals surface area contributed by atoms with Crippen LogP contribution in [0.15, 0.2) is 27.6 Å². The van der Waals surface area contributed by atoms with E-state index in [1.807, 2.05) is 0 Å². The second kappa shape index (κ2) is 5.63. The highest BCUT2D eigenvalue weighted by Gasteiger charge is 2.30. The highest BCUT2D eigenvalue weighted by molar-refractivity contribution is 9.10. The number of halogens is 1. The molecule has 0 radical (unpaired) electrons. The molecular formula is C13H15BrO4S. The summed E-state index contributed by atoms with van der Waals surface area (Å²) in [6.07, 6.45) is 4.22. The van der Waals surface area contributed by atoms with Crippen LogP contribution in [0.4, 0.5) is 0 Å². The third kappa shape index (κ3) is 3.00. The van der Waals surface area contributed by atoms with Crippen molar-refractivity contribution in [1.82, 2.24) is 0 Å². The van der Waals surface area contributed by atoms with E-state index in [4.69, 9.17) is 5.11 Å². The Balaban J connectivity index is 2.44. The zero-order valence-corrected chi connectivity index (χ0v) is 12.7. The number of sulfone groups is 1. The predicted octanol–water partition coefficient (Wildman–Crippen LogP) is 3.25. The summed E-state index contributed by atoms with van der Waals surface area (Å²) in [6, 6.07) is 4.13. The Morgan fingerprint density at radius 3 is 2.42 bits per heavy atom. The summed E-state index contributed by atoms with van der Waals surface area (Å²) in [6.45, 7) is 0. The third-order valence-corrected chi connectivity index (χ3v) is 6.73. The van der Waals surface area contributed by atoms with Crippen molar-refractivity contribution in [2.75, 3.05) is 0 Å². The molecule has 0 unspecified atom stereocenters. The molecule has 0 saturated heterocycles. The second-order valence-corrected chi connectivity index (χ2v) is 7.81. The van der Waals surface area contributed by atoms with E-state index in [1.54, 1.807) is 0 Å². The SMILES string of the molecule is O=C(O)c1ccc(Br)c(S(=O)(=O)C2CCCCC2)c1. The van der Waals surface area contributed by atoms with Gasteiger partial charge in [0, 0.05) is 4.47 Å². The predicted molar refractivity (Wildman–Crippen MR) is 75.2 cm³/mol. The van der Waals surface area contributed by atoms with Crippen LogP contribution in [0.25, 0.3) is 0 Å². The number of rotatable bonds is 3. The highest BCUT2D eigenvalue weighted by atomic mass is 79.9. The van der Waals surface area contributed by atoms with Gasteiger partial charge < -0.3 is 5.11 Å². The zero-order valence-electron chi connectivity index (χ0n) is 10.3. The Hall–Kier alpha value is -0.880. The van der Waals surface area contributed by atoms with Crippen LogP contribution in [0, 0.1) is 0 Å². The molecule has 1 aromatic carbocycles. The summed E-state index contributed by atoms with van der Waals surface area (Å²) in [4.78, 5) is 11.1. The van der Waals surface area contributed by atoms with Gasteiger partial charge in [-0.1, -0.05) is 19.3 Å². The first kappa shape index (κ1) is 14.5. The molecule has 1 aliphatic rings. The first-order valence-corrected chi connectivity index (χ1v) is 8.53. The lowest BCUT2D eigenvalue weighted by Crippen LogP contribution is -2.24. The van der Waals surface area contributed by atoms with Crippen molar-refractivity contribution in [3.8, 4) is 0 Å². The van der Waals surface area contributed by atoms with E-state index in [0.717, 1.165) is 19.3 Å². The van der Waals surface area contributed by atoms with Gasteiger partial charge in [-0.05, 0) is 47.0 Å². The number of hydrogen-bond donors (Lipinski definition) is 1. The van der Waals surface area contributed by atoms with Gasteiger partial charge in [-0.15, -0.1) is 0 Å². The molecule has 0 amide bonds. The van der Waals surface area contributed by atoms with Crippen molar-refractivity contribution >= 4 is 31.7 Å². The van der Waals surface area contributed by atoms with Crippen molar-refractivity contribution in [1.29, 1.82) is 0 Å². The maximum absolute atomic E-state index is 12.6. The molecule has 1 saturated carbocycles. The van der Waals surface area contributed by atoms with Crippen molar-refractivity contribution < 1.29 is 18.3 Å². The molecule has 0 aliphatic heterocycles. The van der Waals surface area contributed by atoms with E-state index in [1.165, 1.54) is 18.2 Å². The van der Waals surface area contributed by atoms with E-state index >= 15 is 0 Å². The minimum Gasteiger partial charge on any atom is -0.478 e. The summed E-state index contributed by atoms with van der Waals surface area (Å²) < 4.78 is 25.6. The molecule has 1 aliphatic carbocycles. The standard InChI is InChI=1S/C13H15BrO4S/c14-11-7-6-9(13(15)16)8-12(11)19(17,18)10-4-2-1-3-5-10/h6-8,10H,1-5H2,(H,15,16). The van der Waals surface area contributed by atoms with Gasteiger partial charge in [-0.25, -0.2) is 13.2 Å². The summed E-state index contributed by atoms with van der Waals surface area (Å²) >= 11 is 3.21. The minimum absolute atomic E-state index is 0.00224. The monoisotopic (exact) mass is 346 g/mol. The maximum Gasteiger partial charge on any atom is 0.335 e. The first-order chi connectivity index (χ1) is 8.93. The van der Waals surface area contributed by atoms with Crippen LogP contribution in [0.5, 0.6) is 0 Å². The Bertz CT molecular complexity index is 589. The number of carboxylic acids is 1. The van der Waals surface area contributed by atoms with Gasteiger partial charge in [-0.3, -0.25) is 0 Å². The van der Waals surface area contributed by atoms with Crippen molar-refractivity contribution in [3.05, 3.63) is 28.2 Å². The third-order valence-electron chi connectivity index (χ3n) is 3.48. The fourth-order valence-corrected chi connectivity index (χ4v) is 5.28. The van der Waals surface area contributed by atoms with Crippen molar-refractivity contribution in [2.45, 2.75) is 42.2 Å². The van der Waals surface area contributed by atoms with E-state index in [2.05, 4.69) is 15.9 Å². The number of carbonyl (C=O) groups is 1. The molecule has 0 spiro atoms. The van der Waals surface area contributed by atoms with Crippen molar-refractivity contribution in [2.24, 2.45) is 0 Å². The lowest BCUT2D eigenvalue weighted by Gasteiger charge is -2.22. The maximum atomic E-state index is 12.6. The van der Waals surface area contributed by atoms with Crippen LogP contribution < -0.4 is 0 Å². The molecule has 104 valence electrons. The molecule has 0 bridgehead atoms. The molecule has 6 heteroatoms.